The van der Waals surface area contributed by atoms with Crippen LogP contribution in [0.3, 0.4) is 0 Å². The molecule has 12 aromatic rings. The average Bonchev–Trinajstić information content (AvgIpc) is 1.68. The Morgan fingerprint density at radius 2 is 0.851 bits per heavy atom. The highest BCUT2D eigenvalue weighted by atomic mass is 127. The summed E-state index contributed by atoms with van der Waals surface area (Å²) in [6.07, 6.45) is 32.7. The van der Waals surface area contributed by atoms with Crippen molar-refractivity contribution in [2.45, 2.75) is 27.2 Å². The molecule has 0 spiro atoms. The number of halogens is 5. The van der Waals surface area contributed by atoms with Crippen LogP contribution in [0.15, 0.2) is 219 Å². The van der Waals surface area contributed by atoms with Gasteiger partial charge in [-0.2, -0.15) is 0 Å². The number of carbonyl (C=O) groups excluding carboxylic acids is 2. The Morgan fingerprint density at radius 3 is 1.23 bits per heavy atom. The molecule has 5 N–H and O–H groups in total. The van der Waals surface area contributed by atoms with Crippen LogP contribution in [0.2, 0.25) is 0 Å². The van der Waals surface area contributed by atoms with Gasteiger partial charge in [-0.1, -0.05) is 58.4 Å². The van der Waals surface area contributed by atoms with E-state index < -0.39 is 0 Å². The minimum absolute atomic E-state index is 0.160. The van der Waals surface area contributed by atoms with E-state index in [4.69, 9.17) is 42.0 Å². The fourth-order valence-electron chi connectivity index (χ4n) is 9.74. The van der Waals surface area contributed by atoms with Crippen molar-refractivity contribution in [2.24, 2.45) is 0 Å². The summed E-state index contributed by atoms with van der Waals surface area (Å²) in [5.74, 6) is 18.6. The highest BCUT2D eigenvalue weighted by Gasteiger charge is 2.09. The van der Waals surface area contributed by atoms with Crippen LogP contribution in [0.4, 0.5) is 42.9 Å². The second-order valence-corrected chi connectivity index (χ2v) is 27.0. The highest BCUT2D eigenvalue weighted by molar-refractivity contribution is 14.1. The van der Waals surface area contributed by atoms with Gasteiger partial charge in [0.25, 0.3) is 0 Å². The molecule has 0 unspecified atom stereocenters. The van der Waals surface area contributed by atoms with E-state index in [1.165, 1.54) is 11.1 Å². The second kappa shape index (κ2) is 54.8. The number of likely N-dealkylation sites (N-methyl/N-ethyl adjacent to an activating group) is 2. The number of ether oxygens (including phenoxy) is 2. The first-order chi connectivity index (χ1) is 55.1. The summed E-state index contributed by atoms with van der Waals surface area (Å²) >= 11 is 7.42. The Balaban J connectivity index is 0.000000275. The van der Waals surface area contributed by atoms with E-state index in [9.17, 15) is 18.4 Å². The van der Waals surface area contributed by atoms with E-state index in [0.29, 0.717) is 38.2 Å². The van der Waals surface area contributed by atoms with Crippen molar-refractivity contribution in [1.29, 1.82) is 0 Å². The van der Waals surface area contributed by atoms with Crippen LogP contribution in [-0.2, 0) is 19.1 Å². The molecule has 0 aliphatic rings. The average molecular weight is 1820 g/mol. The molecular weight excluding hydrogens is 1720 g/mol. The number of aliphatic hydroxyl groups excluding tert-OH is 1. The molecule has 0 saturated heterocycles. The zero-order valence-corrected chi connectivity index (χ0v) is 71.6. The van der Waals surface area contributed by atoms with Crippen LogP contribution in [-0.4, -0.2) is 160 Å². The number of aliphatic hydroxyl groups is 1. The van der Waals surface area contributed by atoms with Gasteiger partial charge in [0.2, 0.25) is 0 Å². The lowest BCUT2D eigenvalue weighted by atomic mass is 10.2. The number of alkyl halides is 3. The van der Waals surface area contributed by atoms with Gasteiger partial charge in [0.1, 0.15) is 30.9 Å². The Kier molecular flexibility index (Phi) is 45.5. The molecule has 0 fully saturated rings. The first-order valence-corrected chi connectivity index (χ1v) is 39.3. The van der Waals surface area contributed by atoms with E-state index in [-0.39, 0.29) is 38.4 Å². The van der Waals surface area contributed by atoms with Gasteiger partial charge in [0, 0.05) is 160 Å². The zero-order chi connectivity index (χ0) is 83.4. The van der Waals surface area contributed by atoms with Crippen molar-refractivity contribution in [1.82, 2.24) is 29.9 Å². The molecule has 22 heteroatoms. The third-order valence-corrected chi connectivity index (χ3v) is 17.5. The number of esters is 2. The largest absolute Gasteiger partial charge is 0.465 e. The summed E-state index contributed by atoms with van der Waals surface area (Å²) in [5.41, 5.74) is 17.4. The predicted molar refractivity (Wildman–Crippen MR) is 490 cm³/mol. The van der Waals surface area contributed by atoms with Crippen LogP contribution in [0.1, 0.15) is 66.3 Å². The molecule has 0 aliphatic heterocycles. The van der Waals surface area contributed by atoms with Crippen LogP contribution in [0, 0.1) is 81.0 Å². The number of terminal acetylenes is 5. The molecule has 0 aliphatic carbocycles. The molecular formula is C92H97BrF2I2N12O5. The van der Waals surface area contributed by atoms with Crippen molar-refractivity contribution < 1.29 is 33.0 Å². The molecule has 12 rings (SSSR count). The molecule has 6 aromatic heterocycles. The molecule has 0 atom stereocenters. The monoisotopic (exact) mass is 1820 g/mol. The maximum absolute atomic E-state index is 12.3. The maximum Gasteiger partial charge on any atom is 0.325 e. The van der Waals surface area contributed by atoms with Gasteiger partial charge in [0.15, 0.2) is 0 Å². The quantitative estimate of drug-likeness (QED) is 0.0223. The Labute approximate surface area is 706 Å². The second-order valence-electron chi connectivity index (χ2n) is 24.2. The molecule has 6 aromatic carbocycles. The number of pyridine rings is 3. The lowest BCUT2D eigenvalue weighted by Crippen LogP contribution is -2.26. The molecule has 0 saturated carbocycles. The molecule has 114 heavy (non-hydrogen) atoms. The number of nitrogens with one attached hydrogen (secondary N) is 4. The first-order valence-electron chi connectivity index (χ1n) is 36.1. The van der Waals surface area contributed by atoms with E-state index in [0.717, 1.165) is 116 Å². The normalized spacial score (nSPS) is 9.56. The smallest absolute Gasteiger partial charge is 0.325 e. The molecule has 0 radical (unpaired) electrons. The van der Waals surface area contributed by atoms with Crippen LogP contribution < -0.4 is 29.8 Å². The van der Waals surface area contributed by atoms with Crippen molar-refractivity contribution in [2.75, 3.05) is 143 Å². The summed E-state index contributed by atoms with van der Waals surface area (Å²) in [6.45, 7) is 8.84. The van der Waals surface area contributed by atoms with Crippen molar-refractivity contribution in [3.05, 3.63) is 265 Å². The third kappa shape index (κ3) is 35.7. The number of aromatic nitrogens is 6. The van der Waals surface area contributed by atoms with Gasteiger partial charge in [-0.25, -0.2) is 13.8 Å². The van der Waals surface area contributed by atoms with Crippen LogP contribution >= 0.6 is 61.1 Å². The van der Waals surface area contributed by atoms with Crippen molar-refractivity contribution in [3.8, 4) is 73.6 Å². The molecule has 590 valence electrons. The molecule has 17 nitrogen and oxygen atoms in total. The number of hydrogen-bond acceptors (Lipinski definition) is 14. The van der Waals surface area contributed by atoms with Gasteiger partial charge in [0.05, 0.1) is 55.0 Å². The van der Waals surface area contributed by atoms with Crippen LogP contribution in [0.25, 0.3) is 33.1 Å². The Hall–Kier alpha value is -11.8. The van der Waals surface area contributed by atoms with E-state index in [1.54, 1.807) is 32.4 Å². The number of aromatic amines is 3. The van der Waals surface area contributed by atoms with Gasteiger partial charge in [-0.3, -0.25) is 19.6 Å². The van der Waals surface area contributed by atoms with E-state index >= 15 is 0 Å². The Morgan fingerprint density at radius 1 is 0.474 bits per heavy atom. The Bertz CT molecular complexity index is 4750. The van der Waals surface area contributed by atoms with E-state index in [2.05, 4.69) is 180 Å². The molecule has 6 heterocycles. The third-order valence-electron chi connectivity index (χ3n) is 15.9. The van der Waals surface area contributed by atoms with Gasteiger partial charge in [-0.15, -0.1) is 32.1 Å². The number of hydrogen-bond donors (Lipinski definition) is 5. The number of rotatable bonds is 19. The summed E-state index contributed by atoms with van der Waals surface area (Å²) < 4.78 is 36.0. The summed E-state index contributed by atoms with van der Waals surface area (Å²) in [6, 6.07) is 64.0. The highest BCUT2D eigenvalue weighted by Crippen LogP contribution is 2.20. The summed E-state index contributed by atoms with van der Waals surface area (Å²) in [5, 5.41) is 13.2. The number of carbonyl (C=O) groups is 2. The lowest BCUT2D eigenvalue weighted by molar-refractivity contribution is -0.141. The fraction of sp³-hybridized carbons (Fsp3) is 0.228. The number of nitrogens with zero attached hydrogens (tertiary/aromatic N) is 8. The first kappa shape index (κ1) is 94.6. The maximum atomic E-state index is 12.3. The zero-order valence-electron chi connectivity index (χ0n) is 65.7. The van der Waals surface area contributed by atoms with Gasteiger partial charge < -0.3 is 59.3 Å². The summed E-state index contributed by atoms with van der Waals surface area (Å²) in [4.78, 5) is 53.3. The topological polar surface area (TPSA) is 187 Å². The predicted octanol–water partition coefficient (Wildman–Crippen LogP) is 17.7. The van der Waals surface area contributed by atoms with Crippen molar-refractivity contribution in [3.63, 3.8) is 0 Å². The van der Waals surface area contributed by atoms with Crippen LogP contribution in [0.5, 0.6) is 0 Å². The van der Waals surface area contributed by atoms with Gasteiger partial charge >= 0.3 is 11.9 Å². The van der Waals surface area contributed by atoms with E-state index in [1.807, 2.05) is 237 Å². The number of benzene rings is 6. The molecule has 0 amide bonds. The molecule has 0 bridgehead atoms. The SMILES string of the molecule is C#Cc1ccc(N(C)CC(=O)OCC)cc1.C#Cc1ccc(N(C)CCC)cc1.C#Cc1ccc(N(C)CCF)cc1.C#Cc1ccc(N(C)CCO)cc1.C#Cc1ccc(NC)cc1.CCOC(=O)CBr.CN(CCF)c1ccc(C#Cc2cc3ncccc3[nH]2)cc1.Ic1cc2cccnc2[nH]1.Ic1cc2ncccc2[nH]1. The summed E-state index contributed by atoms with van der Waals surface area (Å²) in [7, 11) is 11.5. The number of H-pyrrole nitrogens is 3. The fourth-order valence-corrected chi connectivity index (χ4v) is 11.1. The number of anilines is 6. The number of fused-ring (bicyclic) bond motifs is 3. The van der Waals surface area contributed by atoms with Gasteiger partial charge in [-0.05, 0) is 272 Å². The van der Waals surface area contributed by atoms with Crippen molar-refractivity contribution >= 4 is 140 Å². The minimum Gasteiger partial charge on any atom is -0.465 e. The minimum atomic E-state index is -0.355. The lowest BCUT2D eigenvalue weighted by Gasteiger charge is -2.17. The standard InChI is InChI=1S/C18H16FN3.C13H15NO2.C12H15N.C11H12FN.C11H13NO.C9H9N.2C7H5IN2.C4H7BrO2/c1-22(12-10-19)16-8-5-14(6-9-16)4-7-15-13-18-17(21-15)3-2-11-20-18;1-4-11-6-8-12(9-7-11)14(3)10-13(15)16-5-2;1-4-10-13(3)12-8-6-11(5-2)7-9-12;1-3-10-4-6-11(7-5-10)13(2)9-8-12;1-3-10-4-6-11(7-5-10)12(2)8-9-13;1-3-8-4-6-9(10-2)7-5-8;8-7-4-6-5(10-7)2-1-3-9-6;8-6-4-5-2-1-3-9-7(5)10-6;1-2-7-4(6)3-5/h2-3,5-6,8-9,11,13,21H,10,12H2,1H3;1,6-9H,5,10H2,2-3H3;2,6-9H,4,10H2,1,3H3;1,4-7H,8-9H2,2H3;1,4-7,13H,8-9H2,2H3;1,4-7,10H,2H3;1-4,10H;1-4H,(H,9,10);2-3H2,1H3.